The van der Waals surface area contributed by atoms with Gasteiger partial charge in [0.1, 0.15) is 0 Å². The molecule has 0 fully saturated rings. The van der Waals surface area contributed by atoms with Gasteiger partial charge in [-0.25, -0.2) is 0 Å². The van der Waals surface area contributed by atoms with Crippen molar-refractivity contribution >= 4 is 15.9 Å². The molecule has 0 saturated heterocycles. The SMILES string of the molecule is BrCCCc1cccc2c1[CH]c1ccccc1-2. The van der Waals surface area contributed by atoms with E-state index in [4.69, 9.17) is 0 Å². The Hall–Kier alpha value is -1.08. The number of benzene rings is 2. The third-order valence-corrected chi connectivity index (χ3v) is 3.89. The number of rotatable bonds is 3. The van der Waals surface area contributed by atoms with Crippen LogP contribution in [0, 0.1) is 6.42 Å². The van der Waals surface area contributed by atoms with Crippen molar-refractivity contribution in [2.24, 2.45) is 0 Å². The molecule has 1 aliphatic carbocycles. The van der Waals surface area contributed by atoms with Gasteiger partial charge in [-0.1, -0.05) is 58.4 Å². The van der Waals surface area contributed by atoms with Crippen LogP contribution in [0.5, 0.6) is 0 Å². The van der Waals surface area contributed by atoms with E-state index in [1.54, 1.807) is 0 Å². The average molecular weight is 286 g/mol. The first-order valence-corrected chi connectivity index (χ1v) is 7.14. The Morgan fingerprint density at radius 1 is 0.882 bits per heavy atom. The normalized spacial score (nSPS) is 12.3. The van der Waals surface area contributed by atoms with Crippen LogP contribution in [0.15, 0.2) is 42.5 Å². The third kappa shape index (κ3) is 1.93. The molecule has 1 heteroatoms. The molecule has 1 radical (unpaired) electrons. The number of hydrogen-bond acceptors (Lipinski definition) is 0. The third-order valence-electron chi connectivity index (χ3n) is 3.33. The van der Waals surface area contributed by atoms with Crippen LogP contribution in [0.1, 0.15) is 23.1 Å². The van der Waals surface area contributed by atoms with Crippen molar-refractivity contribution in [3.8, 4) is 11.1 Å². The molecule has 0 nitrogen and oxygen atoms in total. The molecule has 0 saturated carbocycles. The Morgan fingerprint density at radius 2 is 1.71 bits per heavy atom. The van der Waals surface area contributed by atoms with E-state index >= 15 is 0 Å². The van der Waals surface area contributed by atoms with Crippen molar-refractivity contribution in [1.29, 1.82) is 0 Å². The van der Waals surface area contributed by atoms with Crippen molar-refractivity contribution in [2.45, 2.75) is 12.8 Å². The monoisotopic (exact) mass is 285 g/mol. The zero-order valence-electron chi connectivity index (χ0n) is 9.62. The molecule has 2 aromatic carbocycles. The fourth-order valence-corrected chi connectivity index (χ4v) is 2.80. The van der Waals surface area contributed by atoms with E-state index in [9.17, 15) is 0 Å². The van der Waals surface area contributed by atoms with Gasteiger partial charge in [-0.2, -0.15) is 0 Å². The van der Waals surface area contributed by atoms with Crippen LogP contribution in [0.2, 0.25) is 0 Å². The van der Waals surface area contributed by atoms with Crippen molar-refractivity contribution in [2.75, 3.05) is 5.33 Å². The molecule has 17 heavy (non-hydrogen) atoms. The summed E-state index contributed by atoms with van der Waals surface area (Å²) in [6.45, 7) is 0. The quantitative estimate of drug-likeness (QED) is 0.617. The van der Waals surface area contributed by atoms with Gasteiger partial charge in [-0.05, 0) is 40.7 Å². The van der Waals surface area contributed by atoms with Gasteiger partial charge in [0.15, 0.2) is 0 Å². The Kier molecular flexibility index (Phi) is 3.02. The van der Waals surface area contributed by atoms with Crippen LogP contribution < -0.4 is 0 Å². The second-order valence-electron chi connectivity index (χ2n) is 4.40. The molecule has 0 unspecified atom stereocenters. The van der Waals surface area contributed by atoms with E-state index in [2.05, 4.69) is 64.8 Å². The number of halogens is 1. The molecule has 0 bridgehead atoms. The number of aryl methyl sites for hydroxylation is 1. The summed E-state index contributed by atoms with van der Waals surface area (Å²) >= 11 is 3.51. The van der Waals surface area contributed by atoms with E-state index in [1.807, 2.05) is 0 Å². The molecule has 85 valence electrons. The Labute approximate surface area is 111 Å². The van der Waals surface area contributed by atoms with Crippen molar-refractivity contribution in [3.63, 3.8) is 0 Å². The van der Waals surface area contributed by atoms with Crippen LogP contribution in [-0.4, -0.2) is 5.33 Å². The van der Waals surface area contributed by atoms with Crippen molar-refractivity contribution < 1.29 is 0 Å². The van der Waals surface area contributed by atoms with Gasteiger partial charge in [-0.3, -0.25) is 0 Å². The average Bonchev–Trinajstić information content (AvgIpc) is 2.75. The highest BCUT2D eigenvalue weighted by Crippen LogP contribution is 2.39. The minimum atomic E-state index is 1.07. The van der Waals surface area contributed by atoms with E-state index < -0.39 is 0 Å². The van der Waals surface area contributed by atoms with Crippen LogP contribution in [0.3, 0.4) is 0 Å². The fraction of sp³-hybridized carbons (Fsp3) is 0.188. The van der Waals surface area contributed by atoms with Gasteiger partial charge in [0.2, 0.25) is 0 Å². The summed E-state index contributed by atoms with van der Waals surface area (Å²) in [5.41, 5.74) is 7.03. The molecule has 3 rings (SSSR count). The predicted octanol–water partition coefficient (Wildman–Crippen LogP) is 4.60. The van der Waals surface area contributed by atoms with Crippen LogP contribution >= 0.6 is 15.9 Å². The lowest BCUT2D eigenvalue weighted by Gasteiger charge is -2.07. The van der Waals surface area contributed by atoms with Crippen LogP contribution in [0.25, 0.3) is 11.1 Å². The van der Waals surface area contributed by atoms with Gasteiger partial charge in [-0.15, -0.1) is 0 Å². The van der Waals surface area contributed by atoms with Crippen LogP contribution in [-0.2, 0) is 6.42 Å². The summed E-state index contributed by atoms with van der Waals surface area (Å²) < 4.78 is 0. The van der Waals surface area contributed by atoms with E-state index in [1.165, 1.54) is 34.2 Å². The largest absolute Gasteiger partial charge is 0.0928 e. The molecule has 0 N–H and O–H groups in total. The van der Waals surface area contributed by atoms with Crippen LogP contribution in [0.4, 0.5) is 0 Å². The summed E-state index contributed by atoms with van der Waals surface area (Å²) in [4.78, 5) is 0. The maximum absolute atomic E-state index is 3.51. The molecule has 0 atom stereocenters. The molecular weight excluding hydrogens is 272 g/mol. The molecule has 0 spiro atoms. The maximum atomic E-state index is 3.51. The Morgan fingerprint density at radius 3 is 2.59 bits per heavy atom. The molecular formula is C16H14Br. The Bertz CT molecular complexity index is 543. The van der Waals surface area contributed by atoms with E-state index in [0.29, 0.717) is 0 Å². The second kappa shape index (κ2) is 4.66. The lowest BCUT2D eigenvalue weighted by atomic mass is 9.98. The highest BCUT2D eigenvalue weighted by Gasteiger charge is 2.19. The smallest absolute Gasteiger partial charge is 0.0214 e. The minimum Gasteiger partial charge on any atom is -0.0928 e. The second-order valence-corrected chi connectivity index (χ2v) is 5.20. The fourth-order valence-electron chi connectivity index (χ4n) is 2.52. The summed E-state index contributed by atoms with van der Waals surface area (Å²) in [6.07, 6.45) is 4.67. The summed E-state index contributed by atoms with van der Waals surface area (Å²) in [5, 5.41) is 1.07. The predicted molar refractivity (Wildman–Crippen MR) is 76.5 cm³/mol. The first kappa shape index (κ1) is 11.0. The van der Waals surface area contributed by atoms with E-state index in [-0.39, 0.29) is 0 Å². The zero-order valence-corrected chi connectivity index (χ0v) is 11.2. The highest BCUT2D eigenvalue weighted by molar-refractivity contribution is 9.09. The lowest BCUT2D eigenvalue weighted by molar-refractivity contribution is 0.934. The minimum absolute atomic E-state index is 1.07. The lowest BCUT2D eigenvalue weighted by Crippen LogP contribution is -1.92. The molecule has 0 heterocycles. The van der Waals surface area contributed by atoms with E-state index in [0.717, 1.165) is 11.8 Å². The number of hydrogen-bond donors (Lipinski definition) is 0. The van der Waals surface area contributed by atoms with Crippen molar-refractivity contribution in [3.05, 3.63) is 65.6 Å². The number of fused-ring (bicyclic) bond motifs is 3. The first-order valence-electron chi connectivity index (χ1n) is 6.02. The zero-order chi connectivity index (χ0) is 11.7. The summed E-state index contributed by atoms with van der Waals surface area (Å²) in [5.74, 6) is 0. The summed E-state index contributed by atoms with van der Waals surface area (Å²) in [6, 6.07) is 15.3. The molecule has 0 aliphatic heterocycles. The highest BCUT2D eigenvalue weighted by atomic mass is 79.9. The van der Waals surface area contributed by atoms with Gasteiger partial charge < -0.3 is 0 Å². The molecule has 0 amide bonds. The van der Waals surface area contributed by atoms with Gasteiger partial charge in [0.05, 0.1) is 0 Å². The summed E-state index contributed by atoms with van der Waals surface area (Å²) in [7, 11) is 0. The Balaban J connectivity index is 2.05. The van der Waals surface area contributed by atoms with Crippen molar-refractivity contribution in [1.82, 2.24) is 0 Å². The van der Waals surface area contributed by atoms with Gasteiger partial charge in [0, 0.05) is 11.8 Å². The van der Waals surface area contributed by atoms with Gasteiger partial charge >= 0.3 is 0 Å². The topological polar surface area (TPSA) is 0 Å². The number of alkyl halides is 1. The molecule has 1 aliphatic rings. The first-order chi connectivity index (χ1) is 8.40. The standard InChI is InChI=1S/C16H14Br/c17-10-4-7-12-6-3-9-15-14-8-2-1-5-13(14)11-16(12)15/h1-3,5-6,8-9,11H,4,7,10H2. The van der Waals surface area contributed by atoms with Gasteiger partial charge in [0.25, 0.3) is 0 Å². The molecule has 0 aromatic heterocycles. The maximum Gasteiger partial charge on any atom is 0.0214 e. The molecule has 2 aromatic rings.